The summed E-state index contributed by atoms with van der Waals surface area (Å²) in [5, 5.41) is 13.2. The minimum atomic E-state index is -0.324. The van der Waals surface area contributed by atoms with E-state index < -0.39 is 0 Å². The molecule has 1 aromatic carbocycles. The fourth-order valence-electron chi connectivity index (χ4n) is 1.36. The van der Waals surface area contributed by atoms with Gasteiger partial charge < -0.3 is 5.11 Å². The quantitative estimate of drug-likeness (QED) is 0.673. The lowest BCUT2D eigenvalue weighted by Crippen LogP contribution is -2.17. The molecular formula is C13H10BrN3O2. The van der Waals surface area contributed by atoms with E-state index in [4.69, 9.17) is 0 Å². The van der Waals surface area contributed by atoms with Crippen LogP contribution in [0.5, 0.6) is 5.75 Å². The molecule has 0 saturated heterocycles. The van der Waals surface area contributed by atoms with Crippen LogP contribution in [0.15, 0.2) is 52.3 Å². The zero-order valence-corrected chi connectivity index (χ0v) is 11.3. The Bertz CT molecular complexity index is 615. The van der Waals surface area contributed by atoms with E-state index in [0.717, 1.165) is 4.47 Å². The van der Waals surface area contributed by atoms with Crippen molar-refractivity contribution in [2.24, 2.45) is 5.10 Å². The highest BCUT2D eigenvalue weighted by atomic mass is 79.9. The summed E-state index contributed by atoms with van der Waals surface area (Å²) in [6.07, 6.45) is 4.51. The molecule has 0 atom stereocenters. The first kappa shape index (κ1) is 13.2. The van der Waals surface area contributed by atoms with E-state index in [2.05, 4.69) is 31.4 Å². The predicted molar refractivity (Wildman–Crippen MR) is 75.1 cm³/mol. The first-order chi connectivity index (χ1) is 9.16. The van der Waals surface area contributed by atoms with Crippen molar-refractivity contribution in [1.29, 1.82) is 0 Å². The molecule has 2 rings (SSSR count). The van der Waals surface area contributed by atoms with Crippen molar-refractivity contribution >= 4 is 28.1 Å². The van der Waals surface area contributed by atoms with E-state index in [1.807, 2.05) is 0 Å². The minimum absolute atomic E-state index is 0.130. The average Bonchev–Trinajstić information content (AvgIpc) is 2.43. The van der Waals surface area contributed by atoms with Gasteiger partial charge in [0.15, 0.2) is 0 Å². The Morgan fingerprint density at radius 3 is 2.79 bits per heavy atom. The summed E-state index contributed by atoms with van der Waals surface area (Å²) < 4.78 is 0.771. The van der Waals surface area contributed by atoms with Gasteiger partial charge in [0, 0.05) is 28.0 Å². The highest BCUT2D eigenvalue weighted by Crippen LogP contribution is 2.19. The fraction of sp³-hybridized carbons (Fsp3) is 0. The van der Waals surface area contributed by atoms with E-state index >= 15 is 0 Å². The van der Waals surface area contributed by atoms with Gasteiger partial charge in [0.25, 0.3) is 5.91 Å². The van der Waals surface area contributed by atoms with E-state index in [0.29, 0.717) is 11.1 Å². The summed E-state index contributed by atoms with van der Waals surface area (Å²) in [7, 11) is 0. The van der Waals surface area contributed by atoms with Gasteiger partial charge in [-0.1, -0.05) is 15.9 Å². The summed E-state index contributed by atoms with van der Waals surface area (Å²) in [6.45, 7) is 0. The number of hydrazone groups is 1. The number of nitrogens with zero attached hydrogens (tertiary/aromatic N) is 2. The Hall–Kier alpha value is -2.21. The Morgan fingerprint density at radius 2 is 2.05 bits per heavy atom. The maximum atomic E-state index is 11.7. The highest BCUT2D eigenvalue weighted by molar-refractivity contribution is 9.10. The minimum Gasteiger partial charge on any atom is -0.508 e. The second-order valence-electron chi connectivity index (χ2n) is 3.64. The number of pyridine rings is 1. The van der Waals surface area contributed by atoms with Crippen LogP contribution in [0.4, 0.5) is 0 Å². The highest BCUT2D eigenvalue weighted by Gasteiger charge is 2.02. The number of hydrogen-bond donors (Lipinski definition) is 2. The van der Waals surface area contributed by atoms with Crippen molar-refractivity contribution < 1.29 is 9.90 Å². The van der Waals surface area contributed by atoms with Gasteiger partial charge in [-0.15, -0.1) is 0 Å². The first-order valence-corrected chi connectivity index (χ1v) is 6.18. The number of rotatable bonds is 3. The number of amides is 1. The molecule has 2 N–H and O–H groups in total. The zero-order chi connectivity index (χ0) is 13.7. The maximum absolute atomic E-state index is 11.7. The van der Waals surface area contributed by atoms with Crippen LogP contribution in [-0.4, -0.2) is 22.2 Å². The second-order valence-corrected chi connectivity index (χ2v) is 4.50. The van der Waals surface area contributed by atoms with Gasteiger partial charge in [-0.3, -0.25) is 9.78 Å². The molecule has 5 nitrogen and oxygen atoms in total. The Balaban J connectivity index is 2.04. The lowest BCUT2D eigenvalue weighted by molar-refractivity contribution is 0.0955. The molecular weight excluding hydrogens is 310 g/mol. The molecule has 0 aliphatic rings. The summed E-state index contributed by atoms with van der Waals surface area (Å²) in [5.74, 6) is -0.194. The van der Waals surface area contributed by atoms with Gasteiger partial charge in [-0.2, -0.15) is 5.10 Å². The van der Waals surface area contributed by atoms with Crippen LogP contribution < -0.4 is 5.43 Å². The number of carbonyl (C=O) groups is 1. The monoisotopic (exact) mass is 319 g/mol. The van der Waals surface area contributed by atoms with Crippen LogP contribution in [0.25, 0.3) is 0 Å². The van der Waals surface area contributed by atoms with E-state index in [1.165, 1.54) is 24.7 Å². The van der Waals surface area contributed by atoms with E-state index in [1.54, 1.807) is 24.3 Å². The number of benzene rings is 1. The Labute approximate surface area is 118 Å². The average molecular weight is 320 g/mol. The molecule has 0 bridgehead atoms. The normalized spacial score (nSPS) is 10.6. The molecule has 0 aliphatic carbocycles. The summed E-state index contributed by atoms with van der Waals surface area (Å²) in [5.41, 5.74) is 3.53. The smallest absolute Gasteiger partial charge is 0.271 e. The standard InChI is InChI=1S/C13H10BrN3O2/c14-12-2-1-11(18)7-10(12)8-16-17-13(19)9-3-5-15-6-4-9/h1-8,18H,(H,17,19). The molecule has 0 unspecified atom stereocenters. The first-order valence-electron chi connectivity index (χ1n) is 5.39. The molecule has 19 heavy (non-hydrogen) atoms. The lowest BCUT2D eigenvalue weighted by Gasteiger charge is -2.00. The van der Waals surface area contributed by atoms with Crippen LogP contribution >= 0.6 is 15.9 Å². The number of nitrogens with one attached hydrogen (secondary N) is 1. The molecule has 1 amide bonds. The summed E-state index contributed by atoms with van der Waals surface area (Å²) in [4.78, 5) is 15.5. The van der Waals surface area contributed by atoms with Gasteiger partial charge >= 0.3 is 0 Å². The molecule has 6 heteroatoms. The Kier molecular flexibility index (Phi) is 4.25. The van der Waals surface area contributed by atoms with E-state index in [9.17, 15) is 9.90 Å². The Morgan fingerprint density at radius 1 is 1.32 bits per heavy atom. The third kappa shape index (κ3) is 3.62. The van der Waals surface area contributed by atoms with Crippen molar-refractivity contribution in [1.82, 2.24) is 10.4 Å². The zero-order valence-electron chi connectivity index (χ0n) is 9.75. The number of hydrogen-bond acceptors (Lipinski definition) is 4. The van der Waals surface area contributed by atoms with Crippen molar-refractivity contribution in [3.63, 3.8) is 0 Å². The second kappa shape index (κ2) is 6.10. The molecule has 1 heterocycles. The molecule has 96 valence electrons. The maximum Gasteiger partial charge on any atom is 0.271 e. The molecule has 0 spiro atoms. The number of aromatic hydroxyl groups is 1. The number of aromatic nitrogens is 1. The van der Waals surface area contributed by atoms with Gasteiger partial charge in [-0.05, 0) is 30.3 Å². The molecule has 0 aliphatic heterocycles. The van der Waals surface area contributed by atoms with Crippen LogP contribution in [0.2, 0.25) is 0 Å². The molecule has 1 aromatic heterocycles. The number of phenols is 1. The van der Waals surface area contributed by atoms with Crippen LogP contribution in [0.1, 0.15) is 15.9 Å². The predicted octanol–water partition coefficient (Wildman–Crippen LogP) is 2.31. The number of carbonyl (C=O) groups excluding carboxylic acids is 1. The topological polar surface area (TPSA) is 74.6 Å². The van der Waals surface area contributed by atoms with Gasteiger partial charge in [0.2, 0.25) is 0 Å². The van der Waals surface area contributed by atoms with Crippen molar-refractivity contribution in [3.8, 4) is 5.75 Å². The number of phenolic OH excluding ortho intramolecular Hbond substituents is 1. The molecule has 2 aromatic rings. The molecule has 0 radical (unpaired) electrons. The summed E-state index contributed by atoms with van der Waals surface area (Å²) in [6, 6.07) is 7.97. The third-order valence-corrected chi connectivity index (χ3v) is 3.01. The van der Waals surface area contributed by atoms with Gasteiger partial charge in [0.05, 0.1) is 6.21 Å². The van der Waals surface area contributed by atoms with E-state index in [-0.39, 0.29) is 11.7 Å². The van der Waals surface area contributed by atoms with Crippen molar-refractivity contribution in [2.75, 3.05) is 0 Å². The lowest BCUT2D eigenvalue weighted by atomic mass is 10.2. The summed E-state index contributed by atoms with van der Waals surface area (Å²) >= 11 is 3.32. The van der Waals surface area contributed by atoms with Crippen molar-refractivity contribution in [2.45, 2.75) is 0 Å². The van der Waals surface area contributed by atoms with Gasteiger partial charge in [-0.25, -0.2) is 5.43 Å². The van der Waals surface area contributed by atoms with Gasteiger partial charge in [0.1, 0.15) is 5.75 Å². The largest absolute Gasteiger partial charge is 0.508 e. The van der Waals surface area contributed by atoms with Crippen LogP contribution in [0, 0.1) is 0 Å². The molecule has 0 saturated carbocycles. The SMILES string of the molecule is O=C(NN=Cc1cc(O)ccc1Br)c1ccncc1. The number of halogens is 1. The van der Waals surface area contributed by atoms with Crippen molar-refractivity contribution in [3.05, 3.63) is 58.3 Å². The van der Waals surface area contributed by atoms with Crippen LogP contribution in [-0.2, 0) is 0 Å². The third-order valence-electron chi connectivity index (χ3n) is 2.29. The fourth-order valence-corrected chi connectivity index (χ4v) is 1.71. The molecule has 0 fully saturated rings. The van der Waals surface area contributed by atoms with Crippen LogP contribution in [0.3, 0.4) is 0 Å².